The summed E-state index contributed by atoms with van der Waals surface area (Å²) >= 11 is 0. The van der Waals surface area contributed by atoms with Gasteiger partial charge in [-0.1, -0.05) is 0 Å². The van der Waals surface area contributed by atoms with Crippen molar-refractivity contribution in [3.8, 4) is 0 Å². The molecule has 0 radical (unpaired) electrons. The van der Waals surface area contributed by atoms with Gasteiger partial charge in [0.15, 0.2) is 16.9 Å². The Hall–Kier alpha value is -2.35. The van der Waals surface area contributed by atoms with Crippen molar-refractivity contribution in [3.63, 3.8) is 0 Å². The number of ether oxygens (including phenoxy) is 1. The topological polar surface area (TPSA) is 121 Å². The highest BCUT2D eigenvalue weighted by Gasteiger charge is 2.45. The second-order valence-electron chi connectivity index (χ2n) is 3.99. The number of aromatic nitrogens is 4. The van der Waals surface area contributed by atoms with Crippen molar-refractivity contribution < 1.29 is 9.53 Å². The highest BCUT2D eigenvalue weighted by atomic mass is 16.6. The predicted octanol–water partition coefficient (Wildman–Crippen LogP) is -0.965. The van der Waals surface area contributed by atoms with Crippen molar-refractivity contribution in [2.75, 3.05) is 0 Å². The molecule has 8 heteroatoms. The average molecular weight is 248 g/mol. The molecule has 92 valence electrons. The van der Waals surface area contributed by atoms with Crippen LogP contribution in [0, 0.1) is 0 Å². The lowest BCUT2D eigenvalue weighted by Crippen LogP contribution is -2.23. The second-order valence-corrected chi connectivity index (χ2v) is 3.99. The number of Topliss-reactive ketones (excluding diaryl/α,β-unsaturated/α-hetero) is 1. The molecule has 0 aliphatic carbocycles. The van der Waals surface area contributed by atoms with Gasteiger partial charge in [0.1, 0.15) is 12.2 Å². The molecule has 2 aromatic heterocycles. The third-order valence-electron chi connectivity index (χ3n) is 2.65. The van der Waals surface area contributed by atoms with E-state index in [-0.39, 0.29) is 16.9 Å². The fraction of sp³-hybridized carbons (Fsp3) is 0.300. The van der Waals surface area contributed by atoms with E-state index >= 15 is 0 Å². The molecule has 0 amide bonds. The van der Waals surface area contributed by atoms with Gasteiger partial charge in [0, 0.05) is 0 Å². The molecule has 2 N–H and O–H groups in total. The number of fused-ring (bicyclic) bond motifs is 1. The Kier molecular flexibility index (Phi) is 2.14. The predicted molar refractivity (Wildman–Crippen MR) is 59.1 cm³/mol. The number of carbonyl (C=O) groups excluding carboxylic acids is 1. The molecule has 18 heavy (non-hydrogen) atoms. The highest BCUT2D eigenvalue weighted by Crippen LogP contribution is 2.37. The first kappa shape index (κ1) is 10.8. The smallest absolute Gasteiger partial charge is 0.327 e. The van der Waals surface area contributed by atoms with Crippen molar-refractivity contribution in [3.05, 3.63) is 32.7 Å². The maximum atomic E-state index is 11.5. The van der Waals surface area contributed by atoms with E-state index in [1.165, 1.54) is 13.1 Å². The molecular formula is C10H8N4O4. The van der Waals surface area contributed by atoms with Crippen molar-refractivity contribution in [2.45, 2.75) is 19.1 Å². The number of hydrogen-bond acceptors (Lipinski definition) is 6. The number of ketones is 1. The van der Waals surface area contributed by atoms with Crippen LogP contribution in [-0.2, 0) is 9.53 Å². The number of nitrogens with one attached hydrogen (secondary N) is 2. The van der Waals surface area contributed by atoms with Crippen molar-refractivity contribution in [2.24, 2.45) is 0 Å². The Balaban J connectivity index is 2.10. The molecule has 0 bridgehead atoms. The van der Waals surface area contributed by atoms with E-state index in [1.807, 2.05) is 0 Å². The van der Waals surface area contributed by atoms with Gasteiger partial charge in [-0.25, -0.2) is 14.8 Å². The van der Waals surface area contributed by atoms with Crippen LogP contribution in [0.25, 0.3) is 11.2 Å². The van der Waals surface area contributed by atoms with E-state index in [2.05, 4.69) is 19.9 Å². The van der Waals surface area contributed by atoms with E-state index < -0.39 is 23.5 Å². The summed E-state index contributed by atoms with van der Waals surface area (Å²) in [7, 11) is 0. The molecule has 8 nitrogen and oxygen atoms in total. The quantitative estimate of drug-likeness (QED) is 0.660. The molecule has 2 aromatic rings. The first-order chi connectivity index (χ1) is 8.56. The molecule has 1 fully saturated rings. The van der Waals surface area contributed by atoms with Crippen molar-refractivity contribution >= 4 is 16.9 Å². The van der Waals surface area contributed by atoms with Crippen molar-refractivity contribution in [1.29, 1.82) is 0 Å². The Bertz CT molecular complexity index is 762. The van der Waals surface area contributed by atoms with Gasteiger partial charge < -0.3 is 4.74 Å². The van der Waals surface area contributed by atoms with Gasteiger partial charge in [0.05, 0.1) is 11.9 Å². The lowest BCUT2D eigenvalue weighted by molar-refractivity contribution is -0.118. The van der Waals surface area contributed by atoms with Gasteiger partial charge in [-0.15, -0.1) is 0 Å². The molecule has 3 rings (SSSR count). The molecule has 1 aliphatic rings. The maximum absolute atomic E-state index is 11.5. The molecule has 2 atom stereocenters. The summed E-state index contributed by atoms with van der Waals surface area (Å²) in [4.78, 5) is 46.0. The van der Waals surface area contributed by atoms with Gasteiger partial charge in [0.2, 0.25) is 0 Å². The molecule has 0 spiro atoms. The summed E-state index contributed by atoms with van der Waals surface area (Å²) < 4.78 is 5.14. The fourth-order valence-corrected chi connectivity index (χ4v) is 1.74. The first-order valence-corrected chi connectivity index (χ1v) is 5.21. The summed E-state index contributed by atoms with van der Waals surface area (Å²) in [6.45, 7) is 1.42. The molecule has 0 saturated carbocycles. The van der Waals surface area contributed by atoms with Crippen LogP contribution in [0.1, 0.15) is 18.7 Å². The van der Waals surface area contributed by atoms with E-state index in [4.69, 9.17) is 4.74 Å². The highest BCUT2D eigenvalue weighted by molar-refractivity contribution is 5.83. The van der Waals surface area contributed by atoms with Crippen LogP contribution in [0.4, 0.5) is 0 Å². The van der Waals surface area contributed by atoms with Gasteiger partial charge in [-0.2, -0.15) is 0 Å². The average Bonchev–Trinajstić information content (AvgIpc) is 3.08. The monoisotopic (exact) mass is 248 g/mol. The van der Waals surface area contributed by atoms with Crippen LogP contribution in [0.15, 0.2) is 15.8 Å². The Morgan fingerprint density at radius 2 is 2.17 bits per heavy atom. The lowest BCUT2D eigenvalue weighted by atomic mass is 10.2. The summed E-state index contributed by atoms with van der Waals surface area (Å²) in [6.07, 6.45) is 0.412. The minimum absolute atomic E-state index is 0.0184. The minimum Gasteiger partial charge on any atom is -0.354 e. The van der Waals surface area contributed by atoms with Gasteiger partial charge in [0.25, 0.3) is 5.56 Å². The van der Waals surface area contributed by atoms with Crippen molar-refractivity contribution in [1.82, 2.24) is 19.9 Å². The van der Waals surface area contributed by atoms with Gasteiger partial charge in [-0.3, -0.25) is 19.6 Å². The second kappa shape index (κ2) is 3.57. The van der Waals surface area contributed by atoms with Crippen LogP contribution >= 0.6 is 0 Å². The zero-order valence-corrected chi connectivity index (χ0v) is 9.26. The van der Waals surface area contributed by atoms with E-state index in [9.17, 15) is 14.4 Å². The number of hydrogen-bond donors (Lipinski definition) is 2. The number of rotatable bonds is 2. The zero-order valence-electron chi connectivity index (χ0n) is 9.26. The number of carbonyl (C=O) groups is 1. The Labute approximate surface area is 99.0 Å². The number of nitrogens with zero attached hydrogens (tertiary/aromatic N) is 2. The third kappa shape index (κ3) is 1.63. The minimum atomic E-state index is -0.640. The van der Waals surface area contributed by atoms with Crippen LogP contribution in [0.2, 0.25) is 0 Å². The molecule has 0 aromatic carbocycles. The van der Waals surface area contributed by atoms with E-state index in [0.717, 1.165) is 0 Å². The standard InChI is InChI=1S/C10H8N4O4/c1-3(15)6-7(18-6)4-2-11-8-5(12-4)9(16)14-10(17)13-8/h2,6-7H,1H3,(H2,11,13,14,16,17). The molecule has 1 aliphatic heterocycles. The zero-order chi connectivity index (χ0) is 12.9. The third-order valence-corrected chi connectivity index (χ3v) is 2.65. The summed E-state index contributed by atoms with van der Waals surface area (Å²) in [5.41, 5.74) is -0.736. The summed E-state index contributed by atoms with van der Waals surface area (Å²) in [6, 6.07) is 0. The SMILES string of the molecule is CC(=O)C1OC1c1cnc2[nH]c(=O)[nH]c(=O)c2n1. The van der Waals surface area contributed by atoms with E-state index in [0.29, 0.717) is 5.69 Å². The Morgan fingerprint density at radius 1 is 1.39 bits per heavy atom. The number of epoxide rings is 1. The number of H-pyrrole nitrogens is 2. The van der Waals surface area contributed by atoms with Crippen LogP contribution in [0.3, 0.4) is 0 Å². The normalized spacial score (nSPS) is 22.1. The molecule has 3 heterocycles. The summed E-state index contributed by atoms with van der Waals surface area (Å²) in [5, 5.41) is 0. The molecule has 2 unspecified atom stereocenters. The van der Waals surface area contributed by atoms with Crippen LogP contribution < -0.4 is 11.2 Å². The fourth-order valence-electron chi connectivity index (χ4n) is 1.74. The van der Waals surface area contributed by atoms with E-state index in [1.54, 1.807) is 0 Å². The van der Waals surface area contributed by atoms with Gasteiger partial charge >= 0.3 is 5.69 Å². The first-order valence-electron chi connectivity index (χ1n) is 5.21. The largest absolute Gasteiger partial charge is 0.354 e. The van der Waals surface area contributed by atoms with Crippen LogP contribution in [-0.4, -0.2) is 31.8 Å². The van der Waals surface area contributed by atoms with Crippen LogP contribution in [0.5, 0.6) is 0 Å². The summed E-state index contributed by atoms with van der Waals surface area (Å²) in [5.74, 6) is -0.0997. The Morgan fingerprint density at radius 3 is 2.83 bits per heavy atom. The van der Waals surface area contributed by atoms with Gasteiger partial charge in [-0.05, 0) is 6.92 Å². The molecular weight excluding hydrogens is 240 g/mol. The number of aromatic amines is 2. The maximum Gasteiger partial charge on any atom is 0.327 e. The molecule has 1 saturated heterocycles. The lowest BCUT2D eigenvalue weighted by Gasteiger charge is -1.97.